The number of aromatic nitrogens is 2. The highest BCUT2D eigenvalue weighted by atomic mass is 28.3. The van der Waals surface area contributed by atoms with Crippen LogP contribution in [0.2, 0.25) is 19.6 Å². The number of fused-ring (bicyclic) bond motifs is 3. The topological polar surface area (TPSA) is 38.9 Å². The molecule has 0 aliphatic rings. The van der Waals surface area contributed by atoms with Gasteiger partial charge in [0.15, 0.2) is 0 Å². The van der Waals surface area contributed by atoms with Crippen LogP contribution >= 0.6 is 0 Å². The second-order valence-corrected chi connectivity index (χ2v) is 15.3. The Morgan fingerprint density at radius 3 is 2.29 bits per heavy atom. The SMILES string of the molecule is [2H]C([2H])([2H])C(c1ccnc(-c2ccc([Si](C)(C)C)c3c2oc2ncc(C(C)(C)C)cc23)c1)(C([2H])([2H])[2H])C([2H])([2H])[2H]. The lowest BCUT2D eigenvalue weighted by Gasteiger charge is -2.21. The zero-order chi connectivity index (χ0) is 30.3. The van der Waals surface area contributed by atoms with Crippen LogP contribution in [-0.4, -0.2) is 18.0 Å². The van der Waals surface area contributed by atoms with Crippen LogP contribution in [0.15, 0.2) is 47.1 Å². The first kappa shape index (κ1) is 13.2. The van der Waals surface area contributed by atoms with Crippen molar-refractivity contribution >= 4 is 35.3 Å². The van der Waals surface area contributed by atoms with Crippen LogP contribution in [0.25, 0.3) is 33.3 Å². The number of rotatable bonds is 2. The molecule has 0 amide bonds. The Kier molecular flexibility index (Phi) is 2.98. The van der Waals surface area contributed by atoms with E-state index >= 15 is 0 Å². The molecule has 0 saturated heterocycles. The van der Waals surface area contributed by atoms with Gasteiger partial charge in [-0.15, -0.1) is 0 Å². The summed E-state index contributed by atoms with van der Waals surface area (Å²) in [7, 11) is -1.91. The predicted molar refractivity (Wildman–Crippen MR) is 135 cm³/mol. The quantitative estimate of drug-likeness (QED) is 0.310. The van der Waals surface area contributed by atoms with Gasteiger partial charge in [-0.3, -0.25) is 4.98 Å². The monoisotopic (exact) mass is 439 g/mol. The van der Waals surface area contributed by atoms with Crippen LogP contribution in [0.5, 0.6) is 0 Å². The van der Waals surface area contributed by atoms with E-state index in [2.05, 4.69) is 56.4 Å². The van der Waals surface area contributed by atoms with Gasteiger partial charge in [0.05, 0.1) is 13.8 Å². The van der Waals surface area contributed by atoms with Crippen molar-refractivity contribution in [2.75, 3.05) is 0 Å². The average molecular weight is 440 g/mol. The lowest BCUT2D eigenvalue weighted by Crippen LogP contribution is -2.38. The summed E-state index contributed by atoms with van der Waals surface area (Å²) in [5.41, 5.74) is -0.976. The minimum absolute atomic E-state index is 0.152. The molecule has 3 heterocycles. The van der Waals surface area contributed by atoms with Crippen molar-refractivity contribution in [3.05, 3.63) is 53.9 Å². The van der Waals surface area contributed by atoms with Gasteiger partial charge in [-0.05, 0) is 51.4 Å². The van der Waals surface area contributed by atoms with E-state index in [9.17, 15) is 0 Å². The normalized spacial score (nSPS) is 18.8. The van der Waals surface area contributed by atoms with Crippen molar-refractivity contribution in [3.8, 4) is 11.3 Å². The highest BCUT2D eigenvalue weighted by Gasteiger charge is 2.26. The maximum atomic E-state index is 8.10. The number of benzene rings is 1. The first-order valence-corrected chi connectivity index (χ1v) is 13.8. The lowest BCUT2D eigenvalue weighted by atomic mass is 9.87. The molecular weight excluding hydrogens is 396 g/mol. The van der Waals surface area contributed by atoms with E-state index in [0.717, 1.165) is 27.6 Å². The molecule has 0 bridgehead atoms. The molecule has 3 nitrogen and oxygen atoms in total. The first-order valence-electron chi connectivity index (χ1n) is 14.8. The van der Waals surface area contributed by atoms with Gasteiger partial charge in [-0.1, -0.05) is 67.0 Å². The number of hydrogen-bond acceptors (Lipinski definition) is 3. The third kappa shape index (κ3) is 3.94. The second kappa shape index (κ2) is 7.03. The van der Waals surface area contributed by atoms with E-state index in [1.54, 1.807) is 6.20 Å². The molecule has 0 fully saturated rings. The highest BCUT2D eigenvalue weighted by Crippen LogP contribution is 2.37. The Labute approximate surface area is 199 Å². The van der Waals surface area contributed by atoms with Crippen LogP contribution in [0, 0.1) is 0 Å². The molecule has 0 atom stereocenters. The molecule has 0 saturated carbocycles. The van der Waals surface area contributed by atoms with Crippen LogP contribution in [0.3, 0.4) is 0 Å². The summed E-state index contributed by atoms with van der Waals surface area (Å²) >= 11 is 0. The fraction of sp³-hybridized carbons (Fsp3) is 0.407. The van der Waals surface area contributed by atoms with Crippen molar-refractivity contribution in [2.45, 2.75) is 71.8 Å². The molecule has 0 aliphatic heterocycles. The molecule has 31 heavy (non-hydrogen) atoms. The molecule has 0 N–H and O–H groups in total. The zero-order valence-electron chi connectivity index (χ0n) is 27.8. The fourth-order valence-corrected chi connectivity index (χ4v) is 5.39. The summed E-state index contributed by atoms with van der Waals surface area (Å²) in [6.45, 7) is 2.86. The van der Waals surface area contributed by atoms with Crippen molar-refractivity contribution < 1.29 is 16.8 Å². The summed E-state index contributed by atoms with van der Waals surface area (Å²) in [4.78, 5) is 9.02. The second-order valence-electron chi connectivity index (χ2n) is 10.2. The Bertz CT molecular complexity index is 1550. The maximum Gasteiger partial charge on any atom is 0.227 e. The van der Waals surface area contributed by atoms with E-state index in [-0.39, 0.29) is 16.7 Å². The predicted octanol–water partition coefficient (Wildman–Crippen LogP) is 7.18. The standard InChI is InChI=1S/C27H34N2OSi/c1-26(2,3)17-12-13-28-21(15-17)19-10-11-22(31(7,8)9)23-20-14-18(27(4,5)6)16-29-25(20)30-24(19)23/h10-16H,1-9H3/i1D3,2D3,3D3. The van der Waals surface area contributed by atoms with Crippen molar-refractivity contribution in [1.29, 1.82) is 0 Å². The van der Waals surface area contributed by atoms with Gasteiger partial charge in [0, 0.05) is 41.1 Å². The third-order valence-electron chi connectivity index (χ3n) is 5.62. The fourth-order valence-electron chi connectivity index (χ4n) is 3.81. The highest BCUT2D eigenvalue weighted by molar-refractivity contribution is 6.90. The van der Waals surface area contributed by atoms with E-state index in [4.69, 9.17) is 16.8 Å². The summed E-state index contributed by atoms with van der Waals surface area (Å²) in [5, 5.41) is 2.86. The number of hydrogen-bond donors (Lipinski definition) is 0. The summed E-state index contributed by atoms with van der Waals surface area (Å²) in [5.74, 6) is 0. The van der Waals surface area contributed by atoms with Crippen molar-refractivity contribution in [2.24, 2.45) is 0 Å². The Morgan fingerprint density at radius 2 is 1.65 bits per heavy atom. The van der Waals surface area contributed by atoms with Gasteiger partial charge in [-0.2, -0.15) is 0 Å². The minimum atomic E-state index is -3.37. The Hall–Kier alpha value is -2.46. The van der Waals surface area contributed by atoms with Gasteiger partial charge >= 0.3 is 0 Å². The number of nitrogens with zero attached hydrogens (tertiary/aromatic N) is 2. The first-order chi connectivity index (χ1) is 18.0. The van der Waals surface area contributed by atoms with Crippen molar-refractivity contribution in [3.63, 3.8) is 0 Å². The molecule has 3 aromatic heterocycles. The smallest absolute Gasteiger partial charge is 0.227 e. The maximum absolute atomic E-state index is 8.10. The van der Waals surface area contributed by atoms with E-state index in [1.165, 1.54) is 12.3 Å². The average Bonchev–Trinajstić information content (AvgIpc) is 3.13. The molecule has 4 rings (SSSR count). The molecular formula is C27H34N2OSi. The molecule has 1 aromatic carbocycles. The third-order valence-corrected chi connectivity index (χ3v) is 7.65. The van der Waals surface area contributed by atoms with Gasteiger partial charge in [0.1, 0.15) is 5.58 Å². The number of furan rings is 1. The van der Waals surface area contributed by atoms with Gasteiger partial charge in [0.25, 0.3) is 0 Å². The van der Waals surface area contributed by atoms with Crippen LogP contribution < -0.4 is 5.19 Å². The van der Waals surface area contributed by atoms with Gasteiger partial charge in [-0.25, -0.2) is 4.98 Å². The van der Waals surface area contributed by atoms with Crippen LogP contribution in [0.4, 0.5) is 0 Å². The van der Waals surface area contributed by atoms with E-state index in [0.29, 0.717) is 16.9 Å². The van der Waals surface area contributed by atoms with E-state index in [1.807, 2.05) is 12.1 Å². The Morgan fingerprint density at radius 1 is 0.903 bits per heavy atom. The molecule has 0 radical (unpaired) electrons. The molecule has 0 unspecified atom stereocenters. The molecule has 162 valence electrons. The van der Waals surface area contributed by atoms with E-state index < -0.39 is 34.0 Å². The molecule has 0 spiro atoms. The van der Waals surface area contributed by atoms with Gasteiger partial charge in [0.2, 0.25) is 5.71 Å². The lowest BCUT2D eigenvalue weighted by molar-refractivity contribution is 0.586. The van der Waals surface area contributed by atoms with Crippen LogP contribution in [-0.2, 0) is 10.8 Å². The Balaban J connectivity index is 2.10. The largest absolute Gasteiger partial charge is 0.437 e. The van der Waals surface area contributed by atoms with Crippen molar-refractivity contribution in [1.82, 2.24) is 9.97 Å². The van der Waals surface area contributed by atoms with Crippen LogP contribution in [0.1, 0.15) is 64.8 Å². The zero-order valence-corrected chi connectivity index (χ0v) is 19.8. The summed E-state index contributed by atoms with van der Waals surface area (Å²) < 4.78 is 79.2. The molecule has 4 heteroatoms. The van der Waals surface area contributed by atoms with Gasteiger partial charge < -0.3 is 4.42 Å². The molecule has 0 aliphatic carbocycles. The molecule has 4 aromatic rings. The summed E-state index contributed by atoms with van der Waals surface area (Å²) in [6, 6.07) is 8.32. The summed E-state index contributed by atoms with van der Waals surface area (Å²) in [6.07, 6.45) is 3.04. The number of pyridine rings is 2. The minimum Gasteiger partial charge on any atom is -0.437 e.